The summed E-state index contributed by atoms with van der Waals surface area (Å²) in [4.78, 5) is 13.4. The molecule has 2 heterocycles. The molecule has 0 saturated heterocycles. The van der Waals surface area contributed by atoms with Crippen molar-refractivity contribution in [3.05, 3.63) is 12.2 Å². The smallest absolute Gasteiger partial charge is 0.337 e. The van der Waals surface area contributed by atoms with Crippen molar-refractivity contribution in [1.29, 1.82) is 0 Å². The zero-order chi connectivity index (χ0) is 14.4. The van der Waals surface area contributed by atoms with E-state index >= 15 is 0 Å². The van der Waals surface area contributed by atoms with Crippen LogP contribution in [-0.4, -0.2) is 45.0 Å². The summed E-state index contributed by atoms with van der Waals surface area (Å²) in [5.74, 6) is 0.642. The van der Waals surface area contributed by atoms with E-state index in [4.69, 9.17) is 0 Å². The monoisotopic (exact) mass is 289 g/mol. The second-order valence-electron chi connectivity index (χ2n) is 5.30. The quantitative estimate of drug-likeness (QED) is 0.888. The number of hydrogen-bond donors (Lipinski definition) is 1. The lowest BCUT2D eigenvalue weighted by Gasteiger charge is -2.28. The third kappa shape index (κ3) is 2.20. The molecule has 1 aliphatic carbocycles. The van der Waals surface area contributed by atoms with E-state index < -0.39 is 17.6 Å². The molecule has 1 aliphatic heterocycles. The summed E-state index contributed by atoms with van der Waals surface area (Å²) >= 11 is 0. The summed E-state index contributed by atoms with van der Waals surface area (Å²) in [5.41, 5.74) is -1.71. The number of nitrogens with one attached hydrogen (secondary N) is 1. The summed E-state index contributed by atoms with van der Waals surface area (Å²) in [7, 11) is 0. The summed E-state index contributed by atoms with van der Waals surface area (Å²) in [6.07, 6.45) is -2.49. The van der Waals surface area contributed by atoms with Crippen LogP contribution in [0.15, 0.2) is 6.33 Å². The molecule has 0 unspecified atom stereocenters. The minimum absolute atomic E-state index is 0.0884. The number of amides is 2. The van der Waals surface area contributed by atoms with Crippen molar-refractivity contribution in [3.63, 3.8) is 0 Å². The van der Waals surface area contributed by atoms with E-state index in [1.54, 1.807) is 6.33 Å². The summed E-state index contributed by atoms with van der Waals surface area (Å²) in [6, 6.07) is -0.477. The molecule has 0 atom stereocenters. The molecule has 1 fully saturated rings. The van der Waals surface area contributed by atoms with Crippen LogP contribution >= 0.6 is 0 Å². The Kier molecular flexibility index (Phi) is 2.87. The number of carbonyl (C=O) groups excluding carboxylic acids is 1. The molecule has 110 valence electrons. The Balaban J connectivity index is 1.56. The van der Waals surface area contributed by atoms with E-state index in [1.807, 2.05) is 4.57 Å². The molecule has 1 aromatic rings. The van der Waals surface area contributed by atoms with Crippen LogP contribution in [-0.2, 0) is 13.1 Å². The average molecular weight is 289 g/mol. The van der Waals surface area contributed by atoms with Gasteiger partial charge in [0.2, 0.25) is 0 Å². The van der Waals surface area contributed by atoms with Crippen LogP contribution in [0.2, 0.25) is 0 Å². The fourth-order valence-corrected chi connectivity index (χ4v) is 2.31. The van der Waals surface area contributed by atoms with Crippen LogP contribution in [0, 0.1) is 5.41 Å². The van der Waals surface area contributed by atoms with Gasteiger partial charge in [-0.1, -0.05) is 0 Å². The van der Waals surface area contributed by atoms with Gasteiger partial charge in [-0.3, -0.25) is 0 Å². The maximum absolute atomic E-state index is 12.8. The van der Waals surface area contributed by atoms with E-state index in [0.29, 0.717) is 18.9 Å². The topological polar surface area (TPSA) is 63.1 Å². The van der Waals surface area contributed by atoms with Gasteiger partial charge in [0, 0.05) is 19.6 Å². The fourth-order valence-electron chi connectivity index (χ4n) is 2.31. The standard InChI is InChI=1S/C11H14F3N5O/c12-11(13,14)10(1-2-10)6-15-9(20)18-3-4-19-7-16-17-8(19)5-18/h7H,1-6H2,(H,15,20). The lowest BCUT2D eigenvalue weighted by Crippen LogP contribution is -2.47. The second-order valence-corrected chi connectivity index (χ2v) is 5.30. The highest BCUT2D eigenvalue weighted by atomic mass is 19.4. The molecule has 1 N–H and O–H groups in total. The van der Waals surface area contributed by atoms with Crippen LogP contribution in [0.25, 0.3) is 0 Å². The molecule has 9 heteroatoms. The Morgan fingerprint density at radius 3 is 2.80 bits per heavy atom. The minimum atomic E-state index is -4.25. The zero-order valence-corrected chi connectivity index (χ0v) is 10.7. The van der Waals surface area contributed by atoms with E-state index in [-0.39, 0.29) is 25.9 Å². The maximum Gasteiger partial charge on any atom is 0.396 e. The van der Waals surface area contributed by atoms with Crippen molar-refractivity contribution in [2.75, 3.05) is 13.1 Å². The molecular formula is C11H14F3N5O. The number of halogens is 3. The number of aromatic nitrogens is 3. The highest BCUT2D eigenvalue weighted by molar-refractivity contribution is 5.74. The normalized spacial score (nSPS) is 20.4. The summed E-state index contributed by atoms with van der Waals surface area (Å²) in [5, 5.41) is 9.99. The van der Waals surface area contributed by atoms with Gasteiger partial charge in [0.05, 0.1) is 12.0 Å². The van der Waals surface area contributed by atoms with Gasteiger partial charge in [-0.15, -0.1) is 10.2 Å². The van der Waals surface area contributed by atoms with Crippen molar-refractivity contribution < 1.29 is 18.0 Å². The molecule has 20 heavy (non-hydrogen) atoms. The molecular weight excluding hydrogens is 275 g/mol. The number of rotatable bonds is 2. The van der Waals surface area contributed by atoms with Gasteiger partial charge in [-0.2, -0.15) is 13.2 Å². The van der Waals surface area contributed by atoms with Crippen molar-refractivity contribution in [1.82, 2.24) is 25.0 Å². The van der Waals surface area contributed by atoms with E-state index in [0.717, 1.165) is 0 Å². The van der Waals surface area contributed by atoms with Gasteiger partial charge in [0.15, 0.2) is 5.82 Å². The Hall–Kier alpha value is -1.80. The van der Waals surface area contributed by atoms with Crippen LogP contribution < -0.4 is 5.32 Å². The van der Waals surface area contributed by atoms with Gasteiger partial charge in [0.25, 0.3) is 0 Å². The van der Waals surface area contributed by atoms with Gasteiger partial charge < -0.3 is 14.8 Å². The predicted octanol–water partition coefficient (Wildman–Crippen LogP) is 1.15. The predicted molar refractivity (Wildman–Crippen MR) is 61.6 cm³/mol. The molecule has 2 aliphatic rings. The highest BCUT2D eigenvalue weighted by Crippen LogP contribution is 2.57. The first-order valence-corrected chi connectivity index (χ1v) is 6.37. The van der Waals surface area contributed by atoms with Gasteiger partial charge >= 0.3 is 12.2 Å². The average Bonchev–Trinajstić information content (AvgIpc) is 3.06. The fraction of sp³-hybridized carbons (Fsp3) is 0.727. The molecule has 0 radical (unpaired) electrons. The number of alkyl halides is 3. The Bertz CT molecular complexity index is 522. The first-order chi connectivity index (χ1) is 9.41. The minimum Gasteiger partial charge on any atom is -0.337 e. The molecule has 0 aromatic carbocycles. The molecule has 1 aromatic heterocycles. The van der Waals surface area contributed by atoms with Crippen molar-refractivity contribution in [2.24, 2.45) is 5.41 Å². The van der Waals surface area contributed by atoms with Crippen molar-refractivity contribution >= 4 is 6.03 Å². The van der Waals surface area contributed by atoms with Crippen LogP contribution in [0.4, 0.5) is 18.0 Å². The van der Waals surface area contributed by atoms with E-state index in [9.17, 15) is 18.0 Å². The molecule has 0 spiro atoms. The summed E-state index contributed by atoms with van der Waals surface area (Å²) in [6.45, 7) is 0.916. The molecule has 0 bridgehead atoms. The maximum atomic E-state index is 12.8. The Morgan fingerprint density at radius 2 is 2.15 bits per heavy atom. The zero-order valence-electron chi connectivity index (χ0n) is 10.7. The van der Waals surface area contributed by atoms with Crippen molar-refractivity contribution in [2.45, 2.75) is 32.1 Å². The third-order valence-electron chi connectivity index (χ3n) is 3.96. The first kappa shape index (κ1) is 13.2. The number of urea groups is 1. The second kappa shape index (κ2) is 4.35. The highest BCUT2D eigenvalue weighted by Gasteiger charge is 2.63. The van der Waals surface area contributed by atoms with E-state index in [1.165, 1.54) is 4.90 Å². The van der Waals surface area contributed by atoms with Crippen LogP contribution in [0.3, 0.4) is 0 Å². The number of nitrogens with zero attached hydrogens (tertiary/aromatic N) is 4. The third-order valence-corrected chi connectivity index (χ3v) is 3.96. The number of fused-ring (bicyclic) bond motifs is 1. The van der Waals surface area contributed by atoms with Gasteiger partial charge in [-0.05, 0) is 12.8 Å². The molecule has 3 rings (SSSR count). The molecule has 2 amide bonds. The van der Waals surface area contributed by atoms with Gasteiger partial charge in [0.1, 0.15) is 6.33 Å². The largest absolute Gasteiger partial charge is 0.396 e. The summed E-state index contributed by atoms with van der Waals surface area (Å²) < 4.78 is 40.1. The number of carbonyl (C=O) groups is 1. The lowest BCUT2D eigenvalue weighted by molar-refractivity contribution is -0.184. The van der Waals surface area contributed by atoms with E-state index in [2.05, 4.69) is 15.5 Å². The van der Waals surface area contributed by atoms with Gasteiger partial charge in [-0.25, -0.2) is 4.79 Å². The van der Waals surface area contributed by atoms with Crippen LogP contribution in [0.1, 0.15) is 18.7 Å². The van der Waals surface area contributed by atoms with Crippen molar-refractivity contribution in [3.8, 4) is 0 Å². The Morgan fingerprint density at radius 1 is 1.40 bits per heavy atom. The molecule has 1 saturated carbocycles. The SMILES string of the molecule is O=C(NCC1(C(F)(F)F)CC1)N1CCn2cnnc2C1. The number of hydrogen-bond acceptors (Lipinski definition) is 3. The lowest BCUT2D eigenvalue weighted by atomic mass is 10.1. The first-order valence-electron chi connectivity index (χ1n) is 6.37. The molecule has 6 nitrogen and oxygen atoms in total. The van der Waals surface area contributed by atoms with Crippen LogP contribution in [0.5, 0.6) is 0 Å². The Labute approximate surface area is 112 Å².